The molecule has 7 heteroatoms. The van der Waals surface area contributed by atoms with Gasteiger partial charge in [-0.1, -0.05) is 5.21 Å². The number of hydrogen-bond donors (Lipinski definition) is 2. The fraction of sp³-hybridized carbons (Fsp3) is 0.556. The van der Waals surface area contributed by atoms with Crippen molar-refractivity contribution in [3.8, 4) is 0 Å². The summed E-state index contributed by atoms with van der Waals surface area (Å²) in [4.78, 5) is 22.2. The van der Waals surface area contributed by atoms with Crippen LogP contribution in [0.5, 0.6) is 0 Å². The molecule has 1 heterocycles. The number of carboxylic acids is 1. The first-order chi connectivity index (χ1) is 7.58. The Labute approximate surface area is 91.4 Å². The van der Waals surface area contributed by atoms with Gasteiger partial charge in [0.25, 0.3) is 0 Å². The third kappa shape index (κ3) is 2.18. The Hall–Kier alpha value is -1.92. The van der Waals surface area contributed by atoms with Crippen LogP contribution in [0.3, 0.4) is 0 Å². The first-order valence-electron chi connectivity index (χ1n) is 5.03. The minimum Gasteiger partial charge on any atom is -0.476 e. The van der Waals surface area contributed by atoms with Crippen LogP contribution in [0.15, 0.2) is 6.20 Å². The lowest BCUT2D eigenvalue weighted by Crippen LogP contribution is -2.32. The molecular formula is C9H12N4O3. The van der Waals surface area contributed by atoms with Gasteiger partial charge in [-0.3, -0.25) is 4.79 Å². The maximum atomic E-state index is 11.6. The average Bonchev–Trinajstić information content (AvgIpc) is 2.91. The van der Waals surface area contributed by atoms with Crippen molar-refractivity contribution in [1.29, 1.82) is 0 Å². The fourth-order valence-corrected chi connectivity index (χ4v) is 1.23. The highest BCUT2D eigenvalue weighted by atomic mass is 16.4. The molecule has 1 unspecified atom stereocenters. The number of carboxylic acid groups (broad SMARTS) is 1. The Balaban J connectivity index is 2.03. The summed E-state index contributed by atoms with van der Waals surface area (Å²) in [6.07, 6.45) is 3.27. The van der Waals surface area contributed by atoms with E-state index >= 15 is 0 Å². The van der Waals surface area contributed by atoms with Gasteiger partial charge in [-0.05, 0) is 19.8 Å². The summed E-state index contributed by atoms with van der Waals surface area (Å²) in [5.74, 6) is -1.31. The molecule has 2 rings (SSSR count). The minimum absolute atomic E-state index is 0.161. The summed E-state index contributed by atoms with van der Waals surface area (Å²) >= 11 is 0. The quantitative estimate of drug-likeness (QED) is 0.739. The summed E-state index contributed by atoms with van der Waals surface area (Å²) in [6, 6.07) is -0.265. The van der Waals surface area contributed by atoms with Crippen LogP contribution in [0.1, 0.15) is 36.3 Å². The molecule has 0 radical (unpaired) electrons. The second-order valence-corrected chi connectivity index (χ2v) is 3.85. The van der Waals surface area contributed by atoms with Gasteiger partial charge >= 0.3 is 5.97 Å². The van der Waals surface area contributed by atoms with Gasteiger partial charge in [0.05, 0.1) is 6.20 Å². The van der Waals surface area contributed by atoms with Crippen molar-refractivity contribution in [3.05, 3.63) is 11.9 Å². The van der Waals surface area contributed by atoms with Gasteiger partial charge in [0.15, 0.2) is 5.69 Å². The van der Waals surface area contributed by atoms with Gasteiger partial charge in [0, 0.05) is 6.04 Å². The van der Waals surface area contributed by atoms with E-state index in [-0.39, 0.29) is 17.6 Å². The maximum absolute atomic E-state index is 11.6. The zero-order valence-electron chi connectivity index (χ0n) is 8.75. The summed E-state index contributed by atoms with van der Waals surface area (Å²) in [5.41, 5.74) is -0.161. The molecule has 0 spiro atoms. The molecule has 1 aliphatic rings. The van der Waals surface area contributed by atoms with Crippen molar-refractivity contribution >= 4 is 11.9 Å². The van der Waals surface area contributed by atoms with Crippen LogP contribution in [-0.2, 0) is 4.79 Å². The van der Waals surface area contributed by atoms with Crippen molar-refractivity contribution in [3.63, 3.8) is 0 Å². The van der Waals surface area contributed by atoms with Crippen LogP contribution >= 0.6 is 0 Å². The van der Waals surface area contributed by atoms with Gasteiger partial charge in [-0.15, -0.1) is 5.10 Å². The van der Waals surface area contributed by atoms with E-state index in [4.69, 9.17) is 5.11 Å². The highest BCUT2D eigenvalue weighted by Crippen LogP contribution is 2.19. The predicted molar refractivity (Wildman–Crippen MR) is 52.9 cm³/mol. The Morgan fingerprint density at radius 1 is 1.62 bits per heavy atom. The van der Waals surface area contributed by atoms with E-state index in [2.05, 4.69) is 15.6 Å². The van der Waals surface area contributed by atoms with Gasteiger partial charge in [-0.2, -0.15) is 0 Å². The zero-order chi connectivity index (χ0) is 11.7. The molecule has 2 N–H and O–H groups in total. The van der Waals surface area contributed by atoms with Crippen LogP contribution < -0.4 is 5.32 Å². The van der Waals surface area contributed by atoms with E-state index in [9.17, 15) is 9.59 Å². The molecule has 1 aromatic heterocycles. The number of amides is 1. The SMILES string of the molecule is CC(C(=O)NC1CC1)n1cc(C(=O)O)nn1. The monoisotopic (exact) mass is 224 g/mol. The Bertz CT molecular complexity index is 424. The molecule has 7 nitrogen and oxygen atoms in total. The fourth-order valence-electron chi connectivity index (χ4n) is 1.23. The smallest absolute Gasteiger partial charge is 0.358 e. The second kappa shape index (κ2) is 3.92. The van der Waals surface area contributed by atoms with E-state index in [1.807, 2.05) is 0 Å². The van der Waals surface area contributed by atoms with Crippen LogP contribution in [0.25, 0.3) is 0 Å². The Kier molecular flexibility index (Phi) is 2.59. The molecule has 0 aromatic carbocycles. The average molecular weight is 224 g/mol. The van der Waals surface area contributed by atoms with Crippen LogP contribution in [0.4, 0.5) is 0 Å². The van der Waals surface area contributed by atoms with Gasteiger partial charge < -0.3 is 10.4 Å². The predicted octanol–water partition coefficient (Wildman–Crippen LogP) is -0.184. The summed E-state index contributed by atoms with van der Waals surface area (Å²) in [5, 5.41) is 18.5. The number of carbonyl (C=O) groups is 2. The molecule has 86 valence electrons. The molecule has 1 fully saturated rings. The van der Waals surface area contributed by atoms with Crippen molar-refractivity contribution in [2.75, 3.05) is 0 Å². The molecule has 0 aliphatic heterocycles. The summed E-state index contributed by atoms with van der Waals surface area (Å²) in [6.45, 7) is 1.65. The second-order valence-electron chi connectivity index (χ2n) is 3.85. The molecule has 1 amide bonds. The van der Waals surface area contributed by atoms with Crippen molar-refractivity contribution in [1.82, 2.24) is 20.3 Å². The number of hydrogen-bond acceptors (Lipinski definition) is 4. The van der Waals surface area contributed by atoms with E-state index in [0.717, 1.165) is 12.8 Å². The van der Waals surface area contributed by atoms with E-state index in [1.54, 1.807) is 6.92 Å². The first-order valence-corrected chi connectivity index (χ1v) is 5.03. The normalized spacial score (nSPS) is 16.8. The van der Waals surface area contributed by atoms with E-state index in [0.29, 0.717) is 0 Å². The van der Waals surface area contributed by atoms with E-state index in [1.165, 1.54) is 10.9 Å². The summed E-state index contributed by atoms with van der Waals surface area (Å²) in [7, 11) is 0. The lowest BCUT2D eigenvalue weighted by atomic mass is 10.3. The Morgan fingerprint density at radius 2 is 2.31 bits per heavy atom. The number of aromatic carboxylic acids is 1. The van der Waals surface area contributed by atoms with Crippen molar-refractivity contribution in [2.24, 2.45) is 0 Å². The summed E-state index contributed by atoms with van der Waals surface area (Å²) < 4.78 is 1.25. The number of nitrogens with zero attached hydrogens (tertiary/aromatic N) is 3. The molecule has 1 atom stereocenters. The van der Waals surface area contributed by atoms with Gasteiger partial charge in [-0.25, -0.2) is 9.48 Å². The zero-order valence-corrected chi connectivity index (χ0v) is 8.75. The number of rotatable bonds is 4. The highest BCUT2D eigenvalue weighted by molar-refractivity contribution is 5.85. The van der Waals surface area contributed by atoms with Crippen molar-refractivity contribution in [2.45, 2.75) is 31.8 Å². The van der Waals surface area contributed by atoms with Crippen molar-refractivity contribution < 1.29 is 14.7 Å². The largest absolute Gasteiger partial charge is 0.476 e. The lowest BCUT2D eigenvalue weighted by molar-refractivity contribution is -0.124. The lowest BCUT2D eigenvalue weighted by Gasteiger charge is -2.10. The minimum atomic E-state index is -1.15. The van der Waals surface area contributed by atoms with Gasteiger partial charge in [0.2, 0.25) is 5.91 Å². The Morgan fingerprint density at radius 3 is 2.81 bits per heavy atom. The molecule has 16 heavy (non-hydrogen) atoms. The third-order valence-corrected chi connectivity index (χ3v) is 2.43. The van der Waals surface area contributed by atoms with E-state index < -0.39 is 12.0 Å². The molecule has 0 saturated heterocycles. The molecule has 0 bridgehead atoms. The molecular weight excluding hydrogens is 212 g/mol. The standard InChI is InChI=1S/C9H12N4O3/c1-5(8(14)10-6-2-3-6)13-4-7(9(15)16)11-12-13/h4-6H,2-3H2,1H3,(H,10,14)(H,15,16). The van der Waals surface area contributed by atoms with Gasteiger partial charge in [0.1, 0.15) is 6.04 Å². The first kappa shape index (κ1) is 10.6. The number of carbonyl (C=O) groups excluding carboxylic acids is 1. The molecule has 1 saturated carbocycles. The highest BCUT2D eigenvalue weighted by Gasteiger charge is 2.27. The number of nitrogens with one attached hydrogen (secondary N) is 1. The number of aromatic nitrogens is 3. The molecule has 1 aromatic rings. The van der Waals surface area contributed by atoms with Crippen LogP contribution in [0, 0.1) is 0 Å². The maximum Gasteiger partial charge on any atom is 0.358 e. The topological polar surface area (TPSA) is 97.1 Å². The van der Waals surface area contributed by atoms with Crippen LogP contribution in [0.2, 0.25) is 0 Å². The molecule has 1 aliphatic carbocycles. The van der Waals surface area contributed by atoms with Crippen LogP contribution in [-0.4, -0.2) is 38.0 Å². The third-order valence-electron chi connectivity index (χ3n) is 2.43.